The maximum absolute atomic E-state index is 8.53. The van der Waals surface area contributed by atoms with Crippen LogP contribution in [0.25, 0.3) is 22.1 Å². The number of halogens is 1. The van der Waals surface area contributed by atoms with Crippen LogP contribution in [0.5, 0.6) is 0 Å². The van der Waals surface area contributed by atoms with E-state index in [1.807, 2.05) is 30.5 Å². The fourth-order valence-electron chi connectivity index (χ4n) is 1.91. The van der Waals surface area contributed by atoms with E-state index in [4.69, 9.17) is 28.9 Å². The molecule has 2 N–H and O–H groups in total. The number of aromatic amines is 2. The minimum Gasteiger partial charge on any atom is -0.512 e. The molecule has 0 atom stereocenters. The van der Waals surface area contributed by atoms with Gasteiger partial charge in [0.1, 0.15) is 17.4 Å². The average molecular weight is 474 g/mol. The van der Waals surface area contributed by atoms with E-state index in [1.54, 1.807) is 24.7 Å². The number of hydrogen-bond acceptors (Lipinski definition) is 5. The number of H-pyrrole nitrogens is 2. The van der Waals surface area contributed by atoms with Crippen molar-refractivity contribution in [1.82, 2.24) is 19.9 Å². The number of fused-ring (bicyclic) bond motifs is 2. The Balaban J connectivity index is 0. The molecule has 0 unspecified atom stereocenters. The molecule has 27 heavy (non-hydrogen) atoms. The first-order valence-electron chi connectivity index (χ1n) is 6.63. The van der Waals surface area contributed by atoms with E-state index in [1.165, 1.54) is 0 Å². The predicted molar refractivity (Wildman–Crippen MR) is 101 cm³/mol. The summed E-state index contributed by atoms with van der Waals surface area (Å²) < 4.78 is 1.01. The standard InChI is InChI=1S/C8H5N3.C7H5BrN2.2CN.CH4.Zn/c9-4-6-3-7-1-2-10-8(7)11-5-6;8-6-3-5-1-2-9-7(5)10-4-6;2*1-2;;/h1-3,5H,(H,10,11);1-4H,(H,9,10);;;1H4;/q;;2*-1;;+2. The van der Waals surface area contributed by atoms with Gasteiger partial charge in [0.2, 0.25) is 0 Å². The number of hydrogen-bond donors (Lipinski definition) is 2. The van der Waals surface area contributed by atoms with Gasteiger partial charge in [-0.25, -0.2) is 9.97 Å². The van der Waals surface area contributed by atoms with E-state index < -0.39 is 0 Å². The largest absolute Gasteiger partial charge is 2.00 e. The van der Waals surface area contributed by atoms with E-state index >= 15 is 0 Å². The molecule has 130 valence electrons. The molecule has 0 aliphatic rings. The summed E-state index contributed by atoms with van der Waals surface area (Å²) in [6.45, 7) is 9.50. The topological polar surface area (TPSA) is 129 Å². The first-order valence-corrected chi connectivity index (χ1v) is 7.42. The van der Waals surface area contributed by atoms with Gasteiger partial charge in [0.25, 0.3) is 0 Å². The maximum Gasteiger partial charge on any atom is 2.00 e. The van der Waals surface area contributed by atoms with Gasteiger partial charge in [-0.05, 0) is 40.2 Å². The van der Waals surface area contributed by atoms with E-state index in [0.717, 1.165) is 26.5 Å². The van der Waals surface area contributed by atoms with Crippen LogP contribution < -0.4 is 0 Å². The molecule has 4 aromatic heterocycles. The van der Waals surface area contributed by atoms with Crippen LogP contribution in [0.3, 0.4) is 0 Å². The Labute approximate surface area is 178 Å². The minimum atomic E-state index is 0. The molecule has 7 nitrogen and oxygen atoms in total. The molecule has 0 spiro atoms. The zero-order valence-corrected chi connectivity index (χ0v) is 18.0. The SMILES string of the molecule is Brc1cnc2[nH]ccc2c1.C.N#Cc1cnc2[nH]ccc2c1.[C-]#N.[C-]#N.[Zn+2]. The molecule has 0 aliphatic carbocycles. The third-order valence-corrected chi connectivity index (χ3v) is 3.33. The van der Waals surface area contributed by atoms with Crippen molar-refractivity contribution in [2.75, 3.05) is 0 Å². The van der Waals surface area contributed by atoms with Gasteiger partial charge >= 0.3 is 19.5 Å². The summed E-state index contributed by atoms with van der Waals surface area (Å²) in [4.78, 5) is 14.1. The Hall–Kier alpha value is -3.05. The Morgan fingerprint density at radius 3 is 1.89 bits per heavy atom. The van der Waals surface area contributed by atoms with Crippen LogP contribution in [-0.4, -0.2) is 19.9 Å². The van der Waals surface area contributed by atoms with Gasteiger partial charge in [-0.2, -0.15) is 5.26 Å². The number of rotatable bonds is 0. The molecule has 4 rings (SSSR count). The first-order chi connectivity index (χ1) is 12.3. The van der Waals surface area contributed by atoms with E-state index in [-0.39, 0.29) is 26.9 Å². The minimum absolute atomic E-state index is 0. The third kappa shape index (κ3) is 7.38. The van der Waals surface area contributed by atoms with Crippen LogP contribution in [0, 0.1) is 35.0 Å². The zero-order chi connectivity index (χ0) is 18.7. The van der Waals surface area contributed by atoms with Crippen molar-refractivity contribution in [3.63, 3.8) is 0 Å². The summed E-state index contributed by atoms with van der Waals surface area (Å²) in [6, 6.07) is 9.75. The molecule has 0 amide bonds. The van der Waals surface area contributed by atoms with Crippen LogP contribution in [0.4, 0.5) is 0 Å². The van der Waals surface area contributed by atoms with E-state index in [2.05, 4.69) is 35.9 Å². The van der Waals surface area contributed by atoms with E-state index in [0.29, 0.717) is 5.56 Å². The van der Waals surface area contributed by atoms with Gasteiger partial charge in [0, 0.05) is 40.0 Å². The predicted octanol–water partition coefficient (Wildman–Crippen LogP) is 4.59. The van der Waals surface area contributed by atoms with Crippen molar-refractivity contribution in [1.29, 1.82) is 15.8 Å². The molecule has 0 radical (unpaired) electrons. The van der Waals surface area contributed by atoms with Gasteiger partial charge in [-0.1, -0.05) is 7.43 Å². The van der Waals surface area contributed by atoms with Crippen molar-refractivity contribution in [2.45, 2.75) is 7.43 Å². The quantitative estimate of drug-likeness (QED) is 0.285. The molecule has 0 bridgehead atoms. The molecule has 9 heteroatoms. The van der Waals surface area contributed by atoms with Gasteiger partial charge in [-0.15, -0.1) is 0 Å². The smallest absolute Gasteiger partial charge is 0.512 e. The fourth-order valence-corrected chi connectivity index (χ4v) is 2.26. The average Bonchev–Trinajstić information content (AvgIpc) is 3.33. The summed E-state index contributed by atoms with van der Waals surface area (Å²) in [5.41, 5.74) is 2.35. The van der Waals surface area contributed by atoms with E-state index in [9.17, 15) is 0 Å². The molecule has 0 fully saturated rings. The monoisotopic (exact) mass is 471 g/mol. The summed E-state index contributed by atoms with van der Waals surface area (Å²) >= 11 is 3.34. The molecule has 0 aliphatic heterocycles. The Morgan fingerprint density at radius 2 is 1.37 bits per heavy atom. The maximum atomic E-state index is 8.53. The van der Waals surface area contributed by atoms with Crippen molar-refractivity contribution in [3.8, 4) is 6.07 Å². The Morgan fingerprint density at radius 1 is 0.889 bits per heavy atom. The third-order valence-electron chi connectivity index (χ3n) is 2.90. The first kappa shape index (κ1) is 26.2. The van der Waals surface area contributed by atoms with Gasteiger partial charge in [0.05, 0.1) is 5.56 Å². The summed E-state index contributed by atoms with van der Waals surface area (Å²) in [5, 5.41) is 23.1. The van der Waals surface area contributed by atoms with Crippen molar-refractivity contribution in [3.05, 3.63) is 72.2 Å². The summed E-state index contributed by atoms with van der Waals surface area (Å²) in [7, 11) is 0. The van der Waals surface area contributed by atoms with Crippen LogP contribution in [-0.2, 0) is 19.5 Å². The number of nitriles is 1. The number of nitrogens with zero attached hydrogens (tertiary/aromatic N) is 5. The van der Waals surface area contributed by atoms with Crippen molar-refractivity contribution >= 4 is 38.0 Å². The summed E-state index contributed by atoms with van der Waals surface area (Å²) in [5.74, 6) is 0. The van der Waals surface area contributed by atoms with Crippen molar-refractivity contribution < 1.29 is 19.5 Å². The summed E-state index contributed by atoms with van der Waals surface area (Å²) in [6.07, 6.45) is 7.01. The molecule has 4 aromatic rings. The van der Waals surface area contributed by atoms with Crippen molar-refractivity contribution in [2.24, 2.45) is 0 Å². The van der Waals surface area contributed by atoms with Crippen LogP contribution in [0.1, 0.15) is 13.0 Å². The fraction of sp³-hybridized carbons (Fsp3) is 0.0556. The normalized spacial score (nSPS) is 8.00. The van der Waals surface area contributed by atoms with Crippen LogP contribution >= 0.6 is 15.9 Å². The molecule has 0 saturated carbocycles. The number of nitrogens with one attached hydrogen (secondary N) is 2. The molecule has 0 aromatic carbocycles. The van der Waals surface area contributed by atoms with Gasteiger partial charge in [-0.3, -0.25) is 0 Å². The second-order valence-electron chi connectivity index (χ2n) is 4.32. The van der Waals surface area contributed by atoms with Gasteiger partial charge < -0.3 is 33.6 Å². The van der Waals surface area contributed by atoms with Crippen LogP contribution in [0.2, 0.25) is 0 Å². The number of pyridine rings is 2. The van der Waals surface area contributed by atoms with Gasteiger partial charge in [0.15, 0.2) is 0 Å². The molecule has 4 heterocycles. The Kier molecular flexibility index (Phi) is 13.7. The van der Waals surface area contributed by atoms with Crippen LogP contribution in [0.15, 0.2) is 53.5 Å². The molecule has 0 saturated heterocycles. The molecular formula is C18H14BrN7Zn. The Bertz CT molecular complexity index is 1020. The second kappa shape index (κ2) is 14.2. The zero-order valence-electron chi connectivity index (χ0n) is 13.4. The molecular weight excluding hydrogens is 460 g/mol. The second-order valence-corrected chi connectivity index (χ2v) is 5.24. The number of aromatic nitrogens is 4.